The number of hydrogen-bond acceptors (Lipinski definition) is 4. The summed E-state index contributed by atoms with van der Waals surface area (Å²) in [4.78, 5) is 23.6. The zero-order valence-corrected chi connectivity index (χ0v) is 17.9. The predicted octanol–water partition coefficient (Wildman–Crippen LogP) is 5.83. The first kappa shape index (κ1) is 22.8. The van der Waals surface area contributed by atoms with Crippen LogP contribution in [0, 0.1) is 5.41 Å². The largest absolute Gasteiger partial charge is 0.512 e. The van der Waals surface area contributed by atoms with E-state index in [9.17, 15) is 14.7 Å². The van der Waals surface area contributed by atoms with Crippen LogP contribution in [0.25, 0.3) is 0 Å². The fraction of sp³-hybridized carbons (Fsp3) is 0.565. The van der Waals surface area contributed by atoms with E-state index in [1.807, 2.05) is 19.9 Å². The van der Waals surface area contributed by atoms with Crippen LogP contribution >= 0.6 is 0 Å². The molecule has 0 aromatic heterocycles. The minimum atomic E-state index is -1.11. The van der Waals surface area contributed by atoms with E-state index in [-0.39, 0.29) is 11.2 Å². The van der Waals surface area contributed by atoms with E-state index in [2.05, 4.69) is 19.2 Å². The van der Waals surface area contributed by atoms with E-state index in [1.165, 1.54) is 0 Å². The highest BCUT2D eigenvalue weighted by molar-refractivity contribution is 5.90. The third kappa shape index (κ3) is 6.24. The average molecular weight is 404 g/mol. The number of aliphatic hydroxyl groups is 1. The standard InChI is InChI=1S/C23H33NO5/c1-5-10-23(11-6-2)15-19(25)18(20(26)29-23)14-22(3,4)13-16-8-7-9-17(12-16)24-21(27)28/h7-9,12,24-25H,5-6,10-11,13-15H2,1-4H3,(H,27,28). The molecule has 1 heterocycles. The van der Waals surface area contributed by atoms with E-state index in [4.69, 9.17) is 9.84 Å². The number of aliphatic hydroxyl groups excluding tert-OH is 1. The molecule has 0 radical (unpaired) electrons. The summed E-state index contributed by atoms with van der Waals surface area (Å²) >= 11 is 0. The van der Waals surface area contributed by atoms with Crippen LogP contribution in [0.15, 0.2) is 35.6 Å². The molecule has 29 heavy (non-hydrogen) atoms. The summed E-state index contributed by atoms with van der Waals surface area (Å²) in [5.74, 6) is -0.262. The second-order valence-electron chi connectivity index (χ2n) is 8.82. The number of carbonyl (C=O) groups excluding carboxylic acids is 1. The highest BCUT2D eigenvalue weighted by atomic mass is 16.6. The van der Waals surface area contributed by atoms with Gasteiger partial charge in [0.1, 0.15) is 11.4 Å². The Bertz CT molecular complexity index is 775. The average Bonchev–Trinajstić information content (AvgIpc) is 2.58. The van der Waals surface area contributed by atoms with Crippen molar-refractivity contribution in [1.29, 1.82) is 0 Å². The van der Waals surface area contributed by atoms with Gasteiger partial charge in [-0.3, -0.25) is 5.32 Å². The third-order valence-electron chi connectivity index (χ3n) is 5.32. The Morgan fingerprint density at radius 3 is 2.41 bits per heavy atom. The van der Waals surface area contributed by atoms with Crippen LogP contribution in [-0.2, 0) is 16.0 Å². The third-order valence-corrected chi connectivity index (χ3v) is 5.32. The zero-order chi connectivity index (χ0) is 21.7. The summed E-state index contributed by atoms with van der Waals surface area (Å²) in [6.45, 7) is 8.16. The molecule has 6 nitrogen and oxygen atoms in total. The van der Waals surface area contributed by atoms with Gasteiger partial charge in [-0.05, 0) is 48.8 Å². The van der Waals surface area contributed by atoms with Crippen LogP contribution in [0.4, 0.5) is 10.5 Å². The number of benzene rings is 1. The van der Waals surface area contributed by atoms with Gasteiger partial charge in [0, 0.05) is 12.1 Å². The Morgan fingerprint density at radius 2 is 1.86 bits per heavy atom. The first-order chi connectivity index (χ1) is 13.6. The molecule has 0 fully saturated rings. The summed E-state index contributed by atoms with van der Waals surface area (Å²) in [6, 6.07) is 7.21. The first-order valence-corrected chi connectivity index (χ1v) is 10.3. The highest BCUT2D eigenvalue weighted by Gasteiger charge is 2.41. The lowest BCUT2D eigenvalue weighted by atomic mass is 9.77. The van der Waals surface area contributed by atoms with Crippen molar-refractivity contribution in [2.75, 3.05) is 5.32 Å². The number of anilines is 1. The maximum absolute atomic E-state index is 12.8. The van der Waals surface area contributed by atoms with Crippen molar-refractivity contribution in [3.8, 4) is 0 Å². The lowest BCUT2D eigenvalue weighted by Gasteiger charge is -2.38. The van der Waals surface area contributed by atoms with Crippen molar-refractivity contribution < 1.29 is 24.5 Å². The van der Waals surface area contributed by atoms with Crippen molar-refractivity contribution in [2.24, 2.45) is 5.41 Å². The molecule has 0 saturated carbocycles. The summed E-state index contributed by atoms with van der Waals surface area (Å²) in [7, 11) is 0. The van der Waals surface area contributed by atoms with Gasteiger partial charge in [-0.25, -0.2) is 9.59 Å². The Labute approximate surface area is 173 Å². The van der Waals surface area contributed by atoms with Gasteiger partial charge in [0.25, 0.3) is 0 Å². The van der Waals surface area contributed by atoms with Crippen molar-refractivity contribution in [2.45, 2.75) is 78.2 Å². The number of amides is 1. The minimum Gasteiger partial charge on any atom is -0.512 e. The summed E-state index contributed by atoms with van der Waals surface area (Å²) in [5, 5.41) is 21.9. The molecule has 0 bridgehead atoms. The molecular formula is C23H33NO5. The molecule has 1 aromatic carbocycles. The highest BCUT2D eigenvalue weighted by Crippen LogP contribution is 2.40. The summed E-state index contributed by atoms with van der Waals surface area (Å²) < 4.78 is 5.86. The van der Waals surface area contributed by atoms with Gasteiger partial charge in [-0.15, -0.1) is 0 Å². The Balaban J connectivity index is 2.16. The number of rotatable bonds is 9. The molecule has 1 aliphatic heterocycles. The van der Waals surface area contributed by atoms with E-state index >= 15 is 0 Å². The van der Waals surface area contributed by atoms with Gasteiger partial charge in [0.2, 0.25) is 0 Å². The minimum absolute atomic E-state index is 0.150. The molecule has 0 aliphatic carbocycles. The van der Waals surface area contributed by atoms with E-state index in [0.29, 0.717) is 30.5 Å². The van der Waals surface area contributed by atoms with Gasteiger partial charge in [-0.1, -0.05) is 52.7 Å². The first-order valence-electron chi connectivity index (χ1n) is 10.3. The topological polar surface area (TPSA) is 95.9 Å². The maximum Gasteiger partial charge on any atom is 0.409 e. The summed E-state index contributed by atoms with van der Waals surface area (Å²) in [5.41, 5.74) is 0.915. The van der Waals surface area contributed by atoms with Gasteiger partial charge < -0.3 is 14.9 Å². The van der Waals surface area contributed by atoms with Crippen LogP contribution in [0.1, 0.15) is 71.8 Å². The van der Waals surface area contributed by atoms with Crippen molar-refractivity contribution in [3.63, 3.8) is 0 Å². The Morgan fingerprint density at radius 1 is 1.21 bits per heavy atom. The molecule has 3 N–H and O–H groups in total. The molecule has 1 amide bonds. The van der Waals surface area contributed by atoms with Crippen LogP contribution < -0.4 is 5.32 Å². The number of carbonyl (C=O) groups is 2. The smallest absolute Gasteiger partial charge is 0.409 e. The van der Waals surface area contributed by atoms with Gasteiger partial charge in [-0.2, -0.15) is 0 Å². The zero-order valence-electron chi connectivity index (χ0n) is 17.9. The Kier molecular flexibility index (Phi) is 7.33. The number of carboxylic acid groups (broad SMARTS) is 1. The van der Waals surface area contributed by atoms with E-state index in [1.54, 1.807) is 18.2 Å². The molecule has 0 spiro atoms. The van der Waals surface area contributed by atoms with Crippen LogP contribution in [0.2, 0.25) is 0 Å². The van der Waals surface area contributed by atoms with Crippen molar-refractivity contribution in [1.82, 2.24) is 0 Å². The molecule has 0 saturated heterocycles. The molecule has 2 rings (SSSR count). The Hall–Kier alpha value is -2.50. The number of ether oxygens (including phenoxy) is 1. The molecule has 0 atom stereocenters. The fourth-order valence-electron chi connectivity index (χ4n) is 4.29. The van der Waals surface area contributed by atoms with Crippen LogP contribution in [-0.4, -0.2) is 27.9 Å². The normalized spacial score (nSPS) is 16.5. The molecule has 1 aliphatic rings. The van der Waals surface area contributed by atoms with Crippen LogP contribution in [0.5, 0.6) is 0 Å². The second-order valence-corrected chi connectivity index (χ2v) is 8.82. The number of cyclic esters (lactones) is 1. The molecular weight excluding hydrogens is 370 g/mol. The maximum atomic E-state index is 12.8. The molecule has 6 heteroatoms. The van der Waals surface area contributed by atoms with E-state index in [0.717, 1.165) is 31.2 Å². The van der Waals surface area contributed by atoms with Gasteiger partial charge in [0.05, 0.1) is 5.57 Å². The number of nitrogens with one attached hydrogen (secondary N) is 1. The molecule has 0 unspecified atom stereocenters. The number of hydrogen-bond donors (Lipinski definition) is 3. The lowest BCUT2D eigenvalue weighted by molar-refractivity contribution is -0.161. The van der Waals surface area contributed by atoms with E-state index < -0.39 is 17.7 Å². The molecule has 1 aromatic rings. The predicted molar refractivity (Wildman–Crippen MR) is 113 cm³/mol. The van der Waals surface area contributed by atoms with Crippen molar-refractivity contribution >= 4 is 17.7 Å². The summed E-state index contributed by atoms with van der Waals surface area (Å²) in [6.07, 6.45) is 3.56. The SMILES string of the molecule is CCCC1(CCC)CC(O)=C(CC(C)(C)Cc2cccc(NC(=O)O)c2)C(=O)O1. The van der Waals surface area contributed by atoms with Crippen molar-refractivity contribution in [3.05, 3.63) is 41.2 Å². The van der Waals surface area contributed by atoms with Gasteiger partial charge in [0.15, 0.2) is 0 Å². The second kappa shape index (κ2) is 9.33. The van der Waals surface area contributed by atoms with Gasteiger partial charge >= 0.3 is 12.1 Å². The van der Waals surface area contributed by atoms with Crippen LogP contribution in [0.3, 0.4) is 0 Å². The quantitative estimate of drug-likeness (QED) is 0.451. The fourth-order valence-corrected chi connectivity index (χ4v) is 4.29. The monoisotopic (exact) mass is 403 g/mol. The lowest BCUT2D eigenvalue weighted by Crippen LogP contribution is -2.41. The molecule has 160 valence electrons. The number of esters is 1.